The first kappa shape index (κ1) is 29.0. The van der Waals surface area contributed by atoms with Crippen molar-refractivity contribution >= 4 is 8.32 Å². The van der Waals surface area contributed by atoms with Crippen LogP contribution in [0.5, 0.6) is 0 Å². The van der Waals surface area contributed by atoms with Crippen LogP contribution >= 0.6 is 0 Å². The first-order valence-electron chi connectivity index (χ1n) is 15.0. The lowest BCUT2D eigenvalue weighted by atomic mass is 9.60. The molecule has 200 valence electrons. The Morgan fingerprint density at radius 2 is 1.77 bits per heavy atom. The summed E-state index contributed by atoms with van der Waals surface area (Å²) in [6.45, 7) is 26.2. The lowest BCUT2D eigenvalue weighted by molar-refractivity contribution is 0.0929. The molecule has 2 heteroatoms. The molecule has 3 rings (SSSR count). The monoisotopic (exact) mass is 498 g/mol. The van der Waals surface area contributed by atoms with E-state index >= 15 is 0 Å². The molecule has 0 aromatic rings. The van der Waals surface area contributed by atoms with Gasteiger partial charge in [0, 0.05) is 6.10 Å². The van der Waals surface area contributed by atoms with Crippen LogP contribution in [0.4, 0.5) is 0 Å². The second kappa shape index (κ2) is 11.4. The van der Waals surface area contributed by atoms with Gasteiger partial charge < -0.3 is 4.43 Å². The highest BCUT2D eigenvalue weighted by Crippen LogP contribution is 2.60. The van der Waals surface area contributed by atoms with Crippen LogP contribution in [0.1, 0.15) is 119 Å². The SMILES string of the molecule is C=C1CCC(O[Si](C)(C)C(C)(C)C)CC1=CC=C1CCC[C@]2(C)[C@@H]([C@H](C)CCCC(C)C)CC[C@@H]12. The predicted octanol–water partition coefficient (Wildman–Crippen LogP) is 10.6. The molecule has 0 aromatic carbocycles. The van der Waals surface area contributed by atoms with Crippen LogP contribution in [0, 0.1) is 29.1 Å². The van der Waals surface area contributed by atoms with Crippen molar-refractivity contribution < 1.29 is 4.43 Å². The van der Waals surface area contributed by atoms with Gasteiger partial charge in [-0.1, -0.05) is 97.6 Å². The van der Waals surface area contributed by atoms with Gasteiger partial charge in [0.15, 0.2) is 8.32 Å². The van der Waals surface area contributed by atoms with Gasteiger partial charge in [0.05, 0.1) is 0 Å². The molecule has 1 unspecified atom stereocenters. The van der Waals surface area contributed by atoms with E-state index in [4.69, 9.17) is 4.43 Å². The maximum absolute atomic E-state index is 6.82. The fraction of sp³-hybridized carbons (Fsp3) is 0.818. The minimum absolute atomic E-state index is 0.269. The molecule has 0 aromatic heterocycles. The van der Waals surface area contributed by atoms with E-state index in [1.807, 2.05) is 0 Å². The molecule has 0 radical (unpaired) electrons. The second-order valence-electron chi connectivity index (χ2n) is 14.7. The van der Waals surface area contributed by atoms with Crippen molar-refractivity contribution in [1.82, 2.24) is 0 Å². The molecule has 5 atom stereocenters. The Morgan fingerprint density at radius 3 is 2.43 bits per heavy atom. The van der Waals surface area contributed by atoms with Crippen molar-refractivity contribution in [1.29, 1.82) is 0 Å². The van der Waals surface area contributed by atoms with E-state index in [0.29, 0.717) is 11.5 Å². The predicted molar refractivity (Wildman–Crippen MR) is 157 cm³/mol. The van der Waals surface area contributed by atoms with Gasteiger partial charge in [-0.25, -0.2) is 0 Å². The van der Waals surface area contributed by atoms with Crippen LogP contribution in [0.3, 0.4) is 0 Å². The first-order valence-corrected chi connectivity index (χ1v) is 17.9. The van der Waals surface area contributed by atoms with Crippen LogP contribution in [0.25, 0.3) is 0 Å². The zero-order chi connectivity index (χ0) is 26.0. The molecule has 3 aliphatic rings. The Hall–Kier alpha value is -0.603. The summed E-state index contributed by atoms with van der Waals surface area (Å²) in [5.74, 6) is 3.41. The summed E-state index contributed by atoms with van der Waals surface area (Å²) in [6.07, 6.45) is 19.8. The summed E-state index contributed by atoms with van der Waals surface area (Å²) in [6, 6.07) is 0. The van der Waals surface area contributed by atoms with E-state index in [1.165, 1.54) is 62.5 Å². The Bertz CT molecular complexity index is 794. The van der Waals surface area contributed by atoms with Gasteiger partial charge in [0.2, 0.25) is 0 Å². The Kier molecular flexibility index (Phi) is 9.45. The average Bonchev–Trinajstić information content (AvgIpc) is 3.10. The smallest absolute Gasteiger partial charge is 0.192 e. The normalized spacial score (nSPS) is 33.5. The van der Waals surface area contributed by atoms with E-state index in [2.05, 4.69) is 80.3 Å². The molecular formula is C33H58OSi. The zero-order valence-electron chi connectivity index (χ0n) is 24.9. The summed E-state index contributed by atoms with van der Waals surface area (Å²) >= 11 is 0. The van der Waals surface area contributed by atoms with Gasteiger partial charge in [-0.05, 0) is 104 Å². The third kappa shape index (κ3) is 6.84. The van der Waals surface area contributed by atoms with Crippen molar-refractivity contribution in [3.8, 4) is 0 Å². The minimum atomic E-state index is -1.73. The molecule has 0 spiro atoms. The maximum atomic E-state index is 6.82. The molecule has 0 N–H and O–H groups in total. The molecule has 0 aliphatic heterocycles. The lowest BCUT2D eigenvalue weighted by Crippen LogP contribution is -2.44. The van der Waals surface area contributed by atoms with Crippen molar-refractivity contribution in [2.45, 2.75) is 143 Å². The topological polar surface area (TPSA) is 9.23 Å². The minimum Gasteiger partial charge on any atom is -0.414 e. The number of rotatable bonds is 8. The summed E-state index contributed by atoms with van der Waals surface area (Å²) in [7, 11) is -1.73. The molecule has 3 aliphatic carbocycles. The quantitative estimate of drug-likeness (QED) is 0.302. The fourth-order valence-corrected chi connectivity index (χ4v) is 8.73. The number of hydrogen-bond donors (Lipinski definition) is 0. The van der Waals surface area contributed by atoms with E-state index < -0.39 is 8.32 Å². The number of hydrogen-bond acceptors (Lipinski definition) is 1. The van der Waals surface area contributed by atoms with Crippen LogP contribution in [0.15, 0.2) is 35.5 Å². The molecule has 0 amide bonds. The largest absolute Gasteiger partial charge is 0.414 e. The van der Waals surface area contributed by atoms with Crippen LogP contribution in [-0.4, -0.2) is 14.4 Å². The third-order valence-corrected chi connectivity index (χ3v) is 15.1. The molecule has 0 saturated heterocycles. The molecule has 1 nitrogen and oxygen atoms in total. The van der Waals surface area contributed by atoms with Gasteiger partial charge in [-0.3, -0.25) is 0 Å². The Balaban J connectivity index is 1.70. The van der Waals surface area contributed by atoms with Gasteiger partial charge in [0.1, 0.15) is 0 Å². The third-order valence-electron chi connectivity index (χ3n) is 10.6. The second-order valence-corrected chi connectivity index (χ2v) is 19.4. The standard InChI is InChI=1S/C33H58OSi/c1-24(2)13-11-14-26(4)30-20-21-31-27(15-12-22-33(30,31)8)17-18-28-23-29(19-16-25(28)3)34-35(9,10)32(5,6)7/h17-18,24,26,29-31H,3,11-16,19-23H2,1-2,4-10H3/t26-,29?,30-,31+,33-/m1/s1. The highest BCUT2D eigenvalue weighted by molar-refractivity contribution is 6.74. The highest BCUT2D eigenvalue weighted by atomic mass is 28.4. The van der Waals surface area contributed by atoms with Crippen molar-refractivity contribution in [2.24, 2.45) is 29.1 Å². The molecule has 3 fully saturated rings. The zero-order valence-corrected chi connectivity index (χ0v) is 25.9. The Labute approximate surface area is 220 Å². The van der Waals surface area contributed by atoms with Crippen molar-refractivity contribution in [3.05, 3.63) is 35.5 Å². The van der Waals surface area contributed by atoms with Crippen LogP contribution < -0.4 is 0 Å². The summed E-state index contributed by atoms with van der Waals surface area (Å²) < 4.78 is 6.82. The van der Waals surface area contributed by atoms with Crippen molar-refractivity contribution in [3.63, 3.8) is 0 Å². The highest BCUT2D eigenvalue weighted by Gasteiger charge is 2.50. The molecule has 0 bridgehead atoms. The van der Waals surface area contributed by atoms with Gasteiger partial charge in [-0.15, -0.1) is 0 Å². The maximum Gasteiger partial charge on any atom is 0.192 e. The summed E-state index contributed by atoms with van der Waals surface area (Å²) in [5, 5.41) is 0.269. The first-order chi connectivity index (χ1) is 16.2. The van der Waals surface area contributed by atoms with Gasteiger partial charge >= 0.3 is 0 Å². The molecule has 35 heavy (non-hydrogen) atoms. The van der Waals surface area contributed by atoms with E-state index in [9.17, 15) is 0 Å². The fourth-order valence-electron chi connectivity index (χ4n) is 7.34. The van der Waals surface area contributed by atoms with Gasteiger partial charge in [0.25, 0.3) is 0 Å². The average molecular weight is 499 g/mol. The van der Waals surface area contributed by atoms with Crippen molar-refractivity contribution in [2.75, 3.05) is 0 Å². The lowest BCUT2D eigenvalue weighted by Gasteiger charge is -2.44. The van der Waals surface area contributed by atoms with Crippen LogP contribution in [-0.2, 0) is 4.43 Å². The van der Waals surface area contributed by atoms with Crippen LogP contribution in [0.2, 0.25) is 18.1 Å². The van der Waals surface area contributed by atoms with E-state index in [0.717, 1.165) is 42.9 Å². The molecular weight excluding hydrogens is 440 g/mol. The summed E-state index contributed by atoms with van der Waals surface area (Å²) in [4.78, 5) is 0. The number of fused-ring (bicyclic) bond motifs is 1. The number of allylic oxidation sites excluding steroid dienone is 4. The summed E-state index contributed by atoms with van der Waals surface area (Å²) in [5.41, 5.74) is 5.05. The Morgan fingerprint density at radius 1 is 1.06 bits per heavy atom. The molecule has 3 saturated carbocycles. The van der Waals surface area contributed by atoms with Gasteiger partial charge in [-0.2, -0.15) is 0 Å². The molecule has 0 heterocycles. The van der Waals surface area contributed by atoms with E-state index in [1.54, 1.807) is 5.57 Å². The van der Waals surface area contributed by atoms with E-state index in [-0.39, 0.29) is 5.04 Å².